The van der Waals surface area contributed by atoms with Crippen molar-refractivity contribution in [2.75, 3.05) is 27.4 Å². The standard InChI is InChI=1S/C13H17NO5/c1-4-18-12(15)9-19-13-10(8-14-17-3)6-5-7-11(13)16-2/h5-8H,4,9H2,1-3H3/b14-8+. The number of nitrogens with zero attached hydrogens (tertiary/aromatic N) is 1. The number of oxime groups is 1. The van der Waals surface area contributed by atoms with E-state index in [9.17, 15) is 4.79 Å². The molecule has 6 heteroatoms. The molecule has 0 spiro atoms. The molecule has 0 saturated carbocycles. The predicted molar refractivity (Wildman–Crippen MR) is 69.7 cm³/mol. The van der Waals surface area contributed by atoms with Gasteiger partial charge in [0, 0.05) is 5.56 Å². The average molecular weight is 267 g/mol. The molecule has 104 valence electrons. The minimum absolute atomic E-state index is 0.192. The van der Waals surface area contributed by atoms with Gasteiger partial charge in [0.25, 0.3) is 0 Å². The fraction of sp³-hybridized carbons (Fsp3) is 0.385. The first-order valence-corrected chi connectivity index (χ1v) is 5.74. The second kappa shape index (κ2) is 7.97. The highest BCUT2D eigenvalue weighted by atomic mass is 16.6. The molecule has 6 nitrogen and oxygen atoms in total. The highest BCUT2D eigenvalue weighted by molar-refractivity contribution is 5.85. The summed E-state index contributed by atoms with van der Waals surface area (Å²) in [7, 11) is 2.96. The number of carbonyl (C=O) groups is 1. The second-order valence-corrected chi connectivity index (χ2v) is 3.39. The summed E-state index contributed by atoms with van der Waals surface area (Å²) in [5.41, 5.74) is 0.644. The van der Waals surface area contributed by atoms with Crippen molar-refractivity contribution < 1.29 is 23.8 Å². The van der Waals surface area contributed by atoms with E-state index in [0.717, 1.165) is 0 Å². The molecule has 0 atom stereocenters. The van der Waals surface area contributed by atoms with E-state index in [4.69, 9.17) is 14.2 Å². The van der Waals surface area contributed by atoms with Gasteiger partial charge in [-0.3, -0.25) is 0 Å². The van der Waals surface area contributed by atoms with E-state index >= 15 is 0 Å². The van der Waals surface area contributed by atoms with Crippen LogP contribution in [0, 0.1) is 0 Å². The van der Waals surface area contributed by atoms with Crippen molar-refractivity contribution in [3.63, 3.8) is 0 Å². The summed E-state index contributed by atoms with van der Waals surface area (Å²) in [5.74, 6) is 0.478. The molecule has 0 aliphatic rings. The minimum atomic E-state index is -0.442. The maximum atomic E-state index is 11.3. The maximum Gasteiger partial charge on any atom is 0.344 e. The van der Waals surface area contributed by atoms with E-state index in [2.05, 4.69) is 9.99 Å². The third kappa shape index (κ3) is 4.50. The quantitative estimate of drug-likeness (QED) is 0.426. The molecule has 0 radical (unpaired) electrons. The van der Waals surface area contributed by atoms with Crippen molar-refractivity contribution in [1.29, 1.82) is 0 Å². The van der Waals surface area contributed by atoms with Crippen molar-refractivity contribution in [3.05, 3.63) is 23.8 Å². The van der Waals surface area contributed by atoms with Crippen molar-refractivity contribution in [3.8, 4) is 11.5 Å². The van der Waals surface area contributed by atoms with Gasteiger partial charge >= 0.3 is 5.97 Å². The summed E-state index contributed by atoms with van der Waals surface area (Å²) >= 11 is 0. The molecule has 1 aromatic carbocycles. The van der Waals surface area contributed by atoms with Gasteiger partial charge in [-0.05, 0) is 19.1 Å². The summed E-state index contributed by atoms with van der Waals surface area (Å²) in [4.78, 5) is 15.9. The van der Waals surface area contributed by atoms with Crippen LogP contribution in [0.1, 0.15) is 12.5 Å². The van der Waals surface area contributed by atoms with Crippen LogP contribution in [0.4, 0.5) is 0 Å². The molecule has 0 aromatic heterocycles. The van der Waals surface area contributed by atoms with E-state index in [1.165, 1.54) is 20.4 Å². The molecular weight excluding hydrogens is 250 g/mol. The molecule has 0 amide bonds. The zero-order valence-electron chi connectivity index (χ0n) is 11.2. The third-order valence-electron chi connectivity index (χ3n) is 2.17. The zero-order chi connectivity index (χ0) is 14.1. The van der Waals surface area contributed by atoms with Gasteiger partial charge in [-0.1, -0.05) is 11.2 Å². The summed E-state index contributed by atoms with van der Waals surface area (Å²) in [6, 6.07) is 5.28. The molecule has 0 bridgehead atoms. The number of esters is 1. The number of ether oxygens (including phenoxy) is 3. The Morgan fingerprint density at radius 1 is 1.37 bits per heavy atom. The van der Waals surface area contributed by atoms with Crippen LogP contribution in [0.5, 0.6) is 11.5 Å². The van der Waals surface area contributed by atoms with Gasteiger partial charge in [-0.15, -0.1) is 0 Å². The van der Waals surface area contributed by atoms with E-state index in [-0.39, 0.29) is 6.61 Å². The molecule has 0 N–H and O–H groups in total. The number of hydrogen-bond donors (Lipinski definition) is 0. The Labute approximate surface area is 111 Å². The lowest BCUT2D eigenvalue weighted by molar-refractivity contribution is -0.145. The van der Waals surface area contributed by atoms with Crippen molar-refractivity contribution in [1.82, 2.24) is 0 Å². The lowest BCUT2D eigenvalue weighted by Gasteiger charge is -2.12. The number of methoxy groups -OCH3 is 1. The molecule has 0 heterocycles. The zero-order valence-corrected chi connectivity index (χ0v) is 11.2. The lowest BCUT2D eigenvalue weighted by Crippen LogP contribution is -2.15. The smallest absolute Gasteiger partial charge is 0.344 e. The second-order valence-electron chi connectivity index (χ2n) is 3.39. The van der Waals surface area contributed by atoms with Gasteiger partial charge in [-0.2, -0.15) is 0 Å². The summed E-state index contributed by atoms with van der Waals surface area (Å²) in [6.45, 7) is 1.85. The summed E-state index contributed by atoms with van der Waals surface area (Å²) in [6.07, 6.45) is 1.48. The molecule has 1 aromatic rings. The number of carbonyl (C=O) groups excluding carboxylic acids is 1. The van der Waals surface area contributed by atoms with Gasteiger partial charge in [0.05, 0.1) is 19.9 Å². The van der Waals surface area contributed by atoms with Crippen molar-refractivity contribution in [2.24, 2.45) is 5.16 Å². The fourth-order valence-corrected chi connectivity index (χ4v) is 1.39. The maximum absolute atomic E-state index is 11.3. The normalized spacial score (nSPS) is 10.3. The van der Waals surface area contributed by atoms with E-state index in [0.29, 0.717) is 23.7 Å². The Kier molecular flexibility index (Phi) is 6.21. The number of rotatable bonds is 7. The van der Waals surface area contributed by atoms with Crippen LogP contribution in [-0.2, 0) is 14.4 Å². The van der Waals surface area contributed by atoms with Crippen LogP contribution in [0.2, 0.25) is 0 Å². The fourth-order valence-electron chi connectivity index (χ4n) is 1.39. The largest absolute Gasteiger partial charge is 0.493 e. The highest BCUT2D eigenvalue weighted by Gasteiger charge is 2.12. The first kappa shape index (κ1) is 14.8. The summed E-state index contributed by atoms with van der Waals surface area (Å²) in [5, 5.41) is 3.66. The van der Waals surface area contributed by atoms with E-state index in [1.807, 2.05) is 0 Å². The molecule has 0 fully saturated rings. The Balaban J connectivity index is 2.88. The topological polar surface area (TPSA) is 66.4 Å². The molecule has 1 rings (SSSR count). The Bertz CT molecular complexity index is 445. The average Bonchev–Trinajstić information content (AvgIpc) is 2.43. The molecule has 0 saturated heterocycles. The van der Waals surface area contributed by atoms with Crippen molar-refractivity contribution >= 4 is 12.2 Å². The Hall–Kier alpha value is -2.24. The molecular formula is C13H17NO5. The van der Waals surface area contributed by atoms with E-state index in [1.54, 1.807) is 25.1 Å². The molecule has 0 aliphatic heterocycles. The van der Waals surface area contributed by atoms with Gasteiger partial charge < -0.3 is 19.0 Å². The van der Waals surface area contributed by atoms with Crippen LogP contribution < -0.4 is 9.47 Å². The van der Waals surface area contributed by atoms with Gasteiger partial charge in [-0.25, -0.2) is 4.79 Å². The monoisotopic (exact) mass is 267 g/mol. The van der Waals surface area contributed by atoms with Crippen LogP contribution in [0.15, 0.2) is 23.4 Å². The number of hydrogen-bond acceptors (Lipinski definition) is 6. The van der Waals surface area contributed by atoms with Crippen LogP contribution >= 0.6 is 0 Å². The van der Waals surface area contributed by atoms with Gasteiger partial charge in [0.2, 0.25) is 0 Å². The van der Waals surface area contributed by atoms with Crippen LogP contribution in [-0.4, -0.2) is 39.6 Å². The SMILES string of the molecule is CCOC(=O)COc1c(/C=N/OC)cccc1OC. The van der Waals surface area contributed by atoms with Crippen molar-refractivity contribution in [2.45, 2.75) is 6.92 Å². The van der Waals surface area contributed by atoms with Crippen LogP contribution in [0.3, 0.4) is 0 Å². The predicted octanol–water partition coefficient (Wildman–Crippen LogP) is 1.62. The molecule has 0 aliphatic carbocycles. The highest BCUT2D eigenvalue weighted by Crippen LogP contribution is 2.30. The number of para-hydroxylation sites is 1. The Morgan fingerprint density at radius 2 is 2.16 bits per heavy atom. The lowest BCUT2D eigenvalue weighted by atomic mass is 10.2. The van der Waals surface area contributed by atoms with Gasteiger partial charge in [0.15, 0.2) is 18.1 Å². The Morgan fingerprint density at radius 3 is 2.79 bits per heavy atom. The van der Waals surface area contributed by atoms with Crippen LogP contribution in [0.25, 0.3) is 0 Å². The first-order valence-electron chi connectivity index (χ1n) is 5.74. The number of benzene rings is 1. The van der Waals surface area contributed by atoms with E-state index < -0.39 is 5.97 Å². The third-order valence-corrected chi connectivity index (χ3v) is 2.17. The summed E-state index contributed by atoms with van der Waals surface area (Å²) < 4.78 is 15.4. The first-order chi connectivity index (χ1) is 9.22. The molecule has 0 unspecified atom stereocenters. The van der Waals surface area contributed by atoms with Gasteiger partial charge in [0.1, 0.15) is 7.11 Å². The molecule has 19 heavy (non-hydrogen) atoms. The minimum Gasteiger partial charge on any atom is -0.493 e.